The minimum absolute atomic E-state index is 1.08. The van der Waals surface area contributed by atoms with Gasteiger partial charge in [0.05, 0.1) is 0 Å². The van der Waals surface area contributed by atoms with Crippen LogP contribution in [0.2, 0.25) is 0 Å². The van der Waals surface area contributed by atoms with Crippen LogP contribution in [0.3, 0.4) is 0 Å². The lowest BCUT2D eigenvalue weighted by molar-refractivity contribution is 1.03. The van der Waals surface area contributed by atoms with Gasteiger partial charge in [0, 0.05) is 4.47 Å². The molecule has 0 nitrogen and oxygen atoms in total. The molecule has 11 heavy (non-hydrogen) atoms. The molecule has 0 aliphatic heterocycles. The molecule has 0 aliphatic rings. The van der Waals surface area contributed by atoms with Crippen molar-refractivity contribution in [3.63, 3.8) is 0 Å². The highest BCUT2D eigenvalue weighted by Gasteiger charge is 1.98. The summed E-state index contributed by atoms with van der Waals surface area (Å²) in [6, 6.07) is 7.42. The summed E-state index contributed by atoms with van der Waals surface area (Å²) in [6.45, 7) is 4.34. The summed E-state index contributed by atoms with van der Waals surface area (Å²) in [7, 11) is 0. The summed E-state index contributed by atoms with van der Waals surface area (Å²) in [6.07, 6.45) is 2.18. The first-order chi connectivity index (χ1) is 5.27. The van der Waals surface area contributed by atoms with E-state index in [1.54, 1.807) is 0 Å². The first-order valence-corrected chi connectivity index (χ1v) is 4.76. The van der Waals surface area contributed by atoms with Gasteiger partial charge in [-0.3, -0.25) is 0 Å². The van der Waals surface area contributed by atoms with Gasteiger partial charge in [-0.25, -0.2) is 0 Å². The summed E-state index contributed by atoms with van der Waals surface area (Å²) in [5, 5.41) is 0. The van der Waals surface area contributed by atoms with Crippen molar-refractivity contribution in [1.82, 2.24) is 0 Å². The first kappa shape index (κ1) is 8.79. The van der Waals surface area contributed by atoms with Gasteiger partial charge in [-0.1, -0.05) is 29.8 Å². The molecule has 59 valence electrons. The standard InChI is InChI=1S/C10H12Br/c1-3-8-5-6-10(11)7-9(8)4-2/h6-7H,3-4H2,1-2H3. The minimum atomic E-state index is 1.08. The molecule has 1 aromatic carbocycles. The van der Waals surface area contributed by atoms with Crippen LogP contribution in [-0.2, 0) is 12.8 Å². The van der Waals surface area contributed by atoms with Gasteiger partial charge in [-0.05, 0) is 42.2 Å². The monoisotopic (exact) mass is 211 g/mol. The molecule has 0 saturated carbocycles. The molecule has 1 heteroatoms. The average molecular weight is 212 g/mol. The molecule has 0 heterocycles. The quantitative estimate of drug-likeness (QED) is 0.704. The van der Waals surface area contributed by atoms with Crippen LogP contribution in [-0.4, -0.2) is 0 Å². The molecule has 0 bridgehead atoms. The van der Waals surface area contributed by atoms with E-state index in [4.69, 9.17) is 0 Å². The van der Waals surface area contributed by atoms with Crippen LogP contribution in [0.15, 0.2) is 16.6 Å². The maximum absolute atomic E-state index is 3.44. The maximum Gasteiger partial charge on any atom is 0.0184 e. The van der Waals surface area contributed by atoms with Crippen LogP contribution < -0.4 is 0 Å². The normalized spacial score (nSPS) is 10.1. The summed E-state index contributed by atoms with van der Waals surface area (Å²) >= 11 is 3.44. The fourth-order valence-corrected chi connectivity index (χ4v) is 1.58. The molecule has 0 N–H and O–H groups in total. The lowest BCUT2D eigenvalue weighted by atomic mass is 10.0. The molecule has 0 aromatic heterocycles. The number of rotatable bonds is 2. The number of halogens is 1. The van der Waals surface area contributed by atoms with Crippen molar-refractivity contribution in [1.29, 1.82) is 0 Å². The highest BCUT2D eigenvalue weighted by Crippen LogP contribution is 2.16. The molecular weight excluding hydrogens is 200 g/mol. The highest BCUT2D eigenvalue weighted by atomic mass is 79.9. The topological polar surface area (TPSA) is 0 Å². The Morgan fingerprint density at radius 2 is 2.09 bits per heavy atom. The molecule has 0 amide bonds. The molecule has 1 rings (SSSR count). The molecule has 0 atom stereocenters. The van der Waals surface area contributed by atoms with E-state index in [1.807, 2.05) is 6.07 Å². The lowest BCUT2D eigenvalue weighted by Gasteiger charge is -2.04. The largest absolute Gasteiger partial charge is 0.0613 e. The average Bonchev–Trinajstić information content (AvgIpc) is 2.04. The zero-order valence-corrected chi connectivity index (χ0v) is 8.53. The third-order valence-corrected chi connectivity index (χ3v) is 2.28. The van der Waals surface area contributed by atoms with Gasteiger partial charge in [-0.15, -0.1) is 0 Å². The van der Waals surface area contributed by atoms with Crippen LogP contribution in [0, 0.1) is 6.07 Å². The van der Waals surface area contributed by atoms with Crippen molar-refractivity contribution < 1.29 is 0 Å². The van der Waals surface area contributed by atoms with Gasteiger partial charge in [0.15, 0.2) is 0 Å². The van der Waals surface area contributed by atoms with Crippen molar-refractivity contribution in [2.75, 3.05) is 0 Å². The van der Waals surface area contributed by atoms with Crippen LogP contribution >= 0.6 is 15.9 Å². The highest BCUT2D eigenvalue weighted by molar-refractivity contribution is 9.10. The van der Waals surface area contributed by atoms with E-state index in [-0.39, 0.29) is 0 Å². The smallest absolute Gasteiger partial charge is 0.0184 e. The van der Waals surface area contributed by atoms with E-state index in [1.165, 1.54) is 11.1 Å². The predicted molar refractivity (Wildman–Crippen MR) is 51.7 cm³/mol. The van der Waals surface area contributed by atoms with Crippen LogP contribution in [0.25, 0.3) is 0 Å². The van der Waals surface area contributed by atoms with Gasteiger partial charge in [0.1, 0.15) is 0 Å². The lowest BCUT2D eigenvalue weighted by Crippen LogP contribution is -1.90. The molecule has 0 aliphatic carbocycles. The SMILES string of the molecule is CCc1[c]cc(Br)cc1CC. The Labute approximate surface area is 76.8 Å². The zero-order chi connectivity index (χ0) is 8.27. The second kappa shape index (κ2) is 3.91. The van der Waals surface area contributed by atoms with E-state index in [2.05, 4.69) is 41.9 Å². The van der Waals surface area contributed by atoms with Gasteiger partial charge in [0.25, 0.3) is 0 Å². The fraction of sp³-hybridized carbons (Fsp3) is 0.400. The fourth-order valence-electron chi connectivity index (χ4n) is 1.19. The van der Waals surface area contributed by atoms with Crippen molar-refractivity contribution >= 4 is 15.9 Å². The van der Waals surface area contributed by atoms with Crippen LogP contribution in [0.4, 0.5) is 0 Å². The first-order valence-electron chi connectivity index (χ1n) is 3.97. The Morgan fingerprint density at radius 3 is 2.64 bits per heavy atom. The summed E-state index contributed by atoms with van der Waals surface area (Å²) in [4.78, 5) is 0. The summed E-state index contributed by atoms with van der Waals surface area (Å²) in [5.74, 6) is 0. The number of hydrogen-bond acceptors (Lipinski definition) is 0. The number of hydrogen-bond donors (Lipinski definition) is 0. The Morgan fingerprint density at radius 1 is 1.36 bits per heavy atom. The second-order valence-electron chi connectivity index (χ2n) is 2.53. The maximum atomic E-state index is 3.44. The molecule has 0 unspecified atom stereocenters. The molecule has 0 saturated heterocycles. The van der Waals surface area contributed by atoms with E-state index in [9.17, 15) is 0 Å². The molecule has 0 spiro atoms. The zero-order valence-electron chi connectivity index (χ0n) is 6.95. The van der Waals surface area contributed by atoms with Gasteiger partial charge >= 0.3 is 0 Å². The predicted octanol–water partition coefficient (Wildman–Crippen LogP) is 3.37. The Balaban J connectivity index is 3.06. The van der Waals surface area contributed by atoms with Gasteiger partial charge < -0.3 is 0 Å². The Bertz CT molecular complexity index is 241. The number of aryl methyl sites for hydroxylation is 2. The van der Waals surface area contributed by atoms with Gasteiger partial charge in [-0.2, -0.15) is 0 Å². The Kier molecular flexibility index (Phi) is 3.13. The molecular formula is C10H12Br. The van der Waals surface area contributed by atoms with Crippen LogP contribution in [0.5, 0.6) is 0 Å². The minimum Gasteiger partial charge on any atom is -0.0613 e. The van der Waals surface area contributed by atoms with Gasteiger partial charge in [0.2, 0.25) is 0 Å². The molecule has 1 radical (unpaired) electrons. The molecule has 1 aromatic rings. The number of benzene rings is 1. The van der Waals surface area contributed by atoms with E-state index < -0.39 is 0 Å². The molecule has 0 fully saturated rings. The summed E-state index contributed by atoms with van der Waals surface area (Å²) < 4.78 is 1.13. The van der Waals surface area contributed by atoms with Crippen molar-refractivity contribution in [3.8, 4) is 0 Å². The second-order valence-corrected chi connectivity index (χ2v) is 3.44. The van der Waals surface area contributed by atoms with Crippen molar-refractivity contribution in [2.24, 2.45) is 0 Å². The van der Waals surface area contributed by atoms with E-state index in [0.29, 0.717) is 0 Å². The third kappa shape index (κ3) is 2.06. The Hall–Kier alpha value is -0.300. The van der Waals surface area contributed by atoms with Crippen LogP contribution in [0.1, 0.15) is 25.0 Å². The van der Waals surface area contributed by atoms with E-state index in [0.717, 1.165) is 17.3 Å². The van der Waals surface area contributed by atoms with Crippen molar-refractivity contribution in [3.05, 3.63) is 33.8 Å². The van der Waals surface area contributed by atoms with E-state index >= 15 is 0 Å². The van der Waals surface area contributed by atoms with Crippen molar-refractivity contribution in [2.45, 2.75) is 26.7 Å². The third-order valence-electron chi connectivity index (χ3n) is 1.82. The summed E-state index contributed by atoms with van der Waals surface area (Å²) in [5.41, 5.74) is 2.75.